The van der Waals surface area contributed by atoms with Crippen molar-refractivity contribution < 1.29 is 4.74 Å². The molecule has 2 heteroatoms. The van der Waals surface area contributed by atoms with Crippen molar-refractivity contribution in [1.29, 1.82) is 0 Å². The van der Waals surface area contributed by atoms with Crippen molar-refractivity contribution in [3.05, 3.63) is 64.2 Å². The number of hydrogen-bond donors (Lipinski definition) is 1. The summed E-state index contributed by atoms with van der Waals surface area (Å²) in [5.41, 5.74) is 6.49. The molecule has 0 radical (unpaired) electrons. The fraction of sp³-hybridized carbons (Fsp3) is 0.368. The largest absolute Gasteiger partial charge is 0.493 e. The van der Waals surface area contributed by atoms with Crippen LogP contribution in [0.3, 0.4) is 0 Å². The summed E-state index contributed by atoms with van der Waals surface area (Å²) in [7, 11) is 2.02. The van der Waals surface area contributed by atoms with Gasteiger partial charge in [-0.25, -0.2) is 0 Å². The van der Waals surface area contributed by atoms with E-state index in [1.807, 2.05) is 7.05 Å². The second kappa shape index (κ2) is 5.90. The molecule has 0 aliphatic carbocycles. The SMILES string of the molecule is CNC(c1cc(C)cc(C)c1)c1cccc2c1OCCC2. The lowest BCUT2D eigenvalue weighted by Crippen LogP contribution is -2.21. The van der Waals surface area contributed by atoms with Crippen molar-refractivity contribution in [3.8, 4) is 5.75 Å². The Labute approximate surface area is 127 Å². The lowest BCUT2D eigenvalue weighted by molar-refractivity contribution is 0.283. The molecule has 0 bridgehead atoms. The van der Waals surface area contributed by atoms with Gasteiger partial charge in [0.2, 0.25) is 0 Å². The highest BCUT2D eigenvalue weighted by molar-refractivity contribution is 5.48. The first kappa shape index (κ1) is 14.2. The molecule has 1 atom stereocenters. The molecule has 1 aliphatic heterocycles. The van der Waals surface area contributed by atoms with E-state index in [1.54, 1.807) is 0 Å². The minimum absolute atomic E-state index is 0.177. The van der Waals surface area contributed by atoms with Crippen LogP contribution in [0.15, 0.2) is 36.4 Å². The molecule has 1 heterocycles. The van der Waals surface area contributed by atoms with Crippen LogP contribution in [-0.2, 0) is 6.42 Å². The second-order valence-electron chi connectivity index (χ2n) is 5.93. The first-order chi connectivity index (χ1) is 10.2. The Morgan fingerprint density at radius 1 is 1.10 bits per heavy atom. The van der Waals surface area contributed by atoms with Gasteiger partial charge in [-0.15, -0.1) is 0 Å². The molecule has 2 aromatic carbocycles. The third-order valence-electron chi connectivity index (χ3n) is 4.14. The Hall–Kier alpha value is -1.80. The van der Waals surface area contributed by atoms with Crippen LogP contribution in [0.5, 0.6) is 5.75 Å². The fourth-order valence-corrected chi connectivity index (χ4v) is 3.32. The summed E-state index contributed by atoms with van der Waals surface area (Å²) in [4.78, 5) is 0. The highest BCUT2D eigenvalue weighted by Gasteiger charge is 2.21. The number of fused-ring (bicyclic) bond motifs is 1. The first-order valence-electron chi connectivity index (χ1n) is 7.69. The van der Waals surface area contributed by atoms with E-state index in [9.17, 15) is 0 Å². The third kappa shape index (κ3) is 2.81. The number of rotatable bonds is 3. The second-order valence-corrected chi connectivity index (χ2v) is 5.93. The monoisotopic (exact) mass is 281 g/mol. The van der Waals surface area contributed by atoms with Crippen LogP contribution in [-0.4, -0.2) is 13.7 Å². The minimum Gasteiger partial charge on any atom is -0.493 e. The van der Waals surface area contributed by atoms with E-state index in [0.29, 0.717) is 0 Å². The van der Waals surface area contributed by atoms with Crippen molar-refractivity contribution in [2.24, 2.45) is 0 Å². The molecule has 2 aromatic rings. The van der Waals surface area contributed by atoms with E-state index in [4.69, 9.17) is 4.74 Å². The van der Waals surface area contributed by atoms with E-state index in [2.05, 4.69) is 55.6 Å². The standard InChI is InChI=1S/C19H23NO/c1-13-10-14(2)12-16(11-13)18(20-3)17-8-4-6-15-7-5-9-21-19(15)17/h4,6,8,10-12,18,20H,5,7,9H2,1-3H3. The number of para-hydroxylation sites is 1. The molecule has 0 saturated carbocycles. The summed E-state index contributed by atoms with van der Waals surface area (Å²) in [6.45, 7) is 5.13. The molecule has 0 spiro atoms. The third-order valence-corrected chi connectivity index (χ3v) is 4.14. The van der Waals surface area contributed by atoms with Gasteiger partial charge in [-0.05, 0) is 44.9 Å². The summed E-state index contributed by atoms with van der Waals surface area (Å²) < 4.78 is 5.98. The maximum absolute atomic E-state index is 5.98. The summed E-state index contributed by atoms with van der Waals surface area (Å²) in [5, 5.41) is 3.46. The van der Waals surface area contributed by atoms with Gasteiger partial charge in [0.1, 0.15) is 5.75 Å². The van der Waals surface area contributed by atoms with Crippen LogP contribution >= 0.6 is 0 Å². The molecule has 1 N–H and O–H groups in total. The molecule has 0 amide bonds. The van der Waals surface area contributed by atoms with Crippen molar-refractivity contribution in [1.82, 2.24) is 5.32 Å². The van der Waals surface area contributed by atoms with Crippen LogP contribution in [0.25, 0.3) is 0 Å². The molecule has 0 saturated heterocycles. The Morgan fingerprint density at radius 2 is 1.86 bits per heavy atom. The Balaban J connectivity index is 2.08. The topological polar surface area (TPSA) is 21.3 Å². The van der Waals surface area contributed by atoms with E-state index in [0.717, 1.165) is 25.2 Å². The number of ether oxygens (including phenoxy) is 1. The van der Waals surface area contributed by atoms with Gasteiger partial charge in [-0.1, -0.05) is 47.5 Å². The van der Waals surface area contributed by atoms with Crippen molar-refractivity contribution >= 4 is 0 Å². The number of aryl methyl sites for hydroxylation is 3. The van der Waals surface area contributed by atoms with Crippen molar-refractivity contribution in [3.63, 3.8) is 0 Å². The molecule has 1 aliphatic rings. The van der Waals surface area contributed by atoms with Crippen LogP contribution in [0, 0.1) is 13.8 Å². The zero-order chi connectivity index (χ0) is 14.8. The zero-order valence-corrected chi connectivity index (χ0v) is 13.1. The molecule has 3 rings (SSSR count). The van der Waals surface area contributed by atoms with Gasteiger partial charge in [0.15, 0.2) is 0 Å². The number of hydrogen-bond acceptors (Lipinski definition) is 2. The maximum Gasteiger partial charge on any atom is 0.127 e. The summed E-state index contributed by atoms with van der Waals surface area (Å²) in [6, 6.07) is 13.4. The molecule has 21 heavy (non-hydrogen) atoms. The maximum atomic E-state index is 5.98. The van der Waals surface area contributed by atoms with Gasteiger partial charge < -0.3 is 10.1 Å². The van der Waals surface area contributed by atoms with Gasteiger partial charge in [-0.3, -0.25) is 0 Å². The average molecular weight is 281 g/mol. The summed E-state index contributed by atoms with van der Waals surface area (Å²) >= 11 is 0. The van der Waals surface area contributed by atoms with Gasteiger partial charge >= 0.3 is 0 Å². The molecular formula is C19H23NO. The minimum atomic E-state index is 0.177. The quantitative estimate of drug-likeness (QED) is 0.920. The molecule has 2 nitrogen and oxygen atoms in total. The van der Waals surface area contributed by atoms with Crippen molar-refractivity contribution in [2.45, 2.75) is 32.7 Å². The summed E-state index contributed by atoms with van der Waals surface area (Å²) in [6.07, 6.45) is 2.23. The average Bonchev–Trinajstić information content (AvgIpc) is 2.47. The highest BCUT2D eigenvalue weighted by atomic mass is 16.5. The van der Waals surface area contributed by atoms with Gasteiger partial charge in [0.25, 0.3) is 0 Å². The van der Waals surface area contributed by atoms with E-state index in [-0.39, 0.29) is 6.04 Å². The Kier molecular flexibility index (Phi) is 3.98. The highest BCUT2D eigenvalue weighted by Crippen LogP contribution is 2.35. The lowest BCUT2D eigenvalue weighted by atomic mass is 9.92. The van der Waals surface area contributed by atoms with E-state index < -0.39 is 0 Å². The predicted octanol–water partition coefficient (Wildman–Crippen LogP) is 3.94. The van der Waals surface area contributed by atoms with E-state index >= 15 is 0 Å². The molecule has 0 aromatic heterocycles. The van der Waals surface area contributed by atoms with Gasteiger partial charge in [-0.2, -0.15) is 0 Å². The Morgan fingerprint density at radius 3 is 2.57 bits per heavy atom. The fourth-order valence-electron chi connectivity index (χ4n) is 3.32. The molecule has 1 unspecified atom stereocenters. The predicted molar refractivity (Wildman–Crippen MR) is 87.1 cm³/mol. The molecule has 0 fully saturated rings. The zero-order valence-electron chi connectivity index (χ0n) is 13.1. The normalized spacial score (nSPS) is 15.2. The van der Waals surface area contributed by atoms with Crippen LogP contribution in [0.1, 0.15) is 40.3 Å². The van der Waals surface area contributed by atoms with Gasteiger partial charge in [0, 0.05) is 5.56 Å². The molecule has 110 valence electrons. The van der Waals surface area contributed by atoms with Crippen LogP contribution in [0.4, 0.5) is 0 Å². The number of nitrogens with one attached hydrogen (secondary N) is 1. The molecular weight excluding hydrogens is 258 g/mol. The van der Waals surface area contributed by atoms with Crippen LogP contribution < -0.4 is 10.1 Å². The lowest BCUT2D eigenvalue weighted by Gasteiger charge is -2.25. The number of benzene rings is 2. The Bertz CT molecular complexity index is 628. The van der Waals surface area contributed by atoms with Crippen LogP contribution in [0.2, 0.25) is 0 Å². The summed E-state index contributed by atoms with van der Waals surface area (Å²) in [5.74, 6) is 1.09. The van der Waals surface area contributed by atoms with Gasteiger partial charge in [0.05, 0.1) is 12.6 Å². The first-order valence-corrected chi connectivity index (χ1v) is 7.69. The smallest absolute Gasteiger partial charge is 0.127 e. The van der Waals surface area contributed by atoms with E-state index in [1.165, 1.54) is 27.8 Å². The van der Waals surface area contributed by atoms with Crippen molar-refractivity contribution in [2.75, 3.05) is 13.7 Å².